The van der Waals surface area contributed by atoms with Gasteiger partial charge in [0.2, 0.25) is 5.89 Å². The fraction of sp³-hybridized carbons (Fsp3) is 0.455. The minimum Gasteiger partial charge on any atom is -0.417 e. The van der Waals surface area contributed by atoms with Gasteiger partial charge >= 0.3 is 16.4 Å². The highest BCUT2D eigenvalue weighted by Crippen LogP contribution is 2.38. The van der Waals surface area contributed by atoms with E-state index in [9.17, 15) is 13.2 Å². The van der Waals surface area contributed by atoms with Crippen LogP contribution in [0, 0.1) is 0 Å². The van der Waals surface area contributed by atoms with Crippen LogP contribution in [0.4, 0.5) is 4.79 Å². The second kappa shape index (κ2) is 5.25. The van der Waals surface area contributed by atoms with Crippen molar-refractivity contribution in [1.29, 1.82) is 0 Å². The van der Waals surface area contributed by atoms with E-state index in [4.69, 9.17) is 13.5 Å². The summed E-state index contributed by atoms with van der Waals surface area (Å²) in [5.41, 5.74) is 0.367. The highest BCUT2D eigenvalue weighted by Gasteiger charge is 2.49. The van der Waals surface area contributed by atoms with E-state index in [1.165, 1.54) is 11.2 Å². The summed E-state index contributed by atoms with van der Waals surface area (Å²) < 4.78 is 45.1. The van der Waals surface area contributed by atoms with Crippen molar-refractivity contribution in [3.8, 4) is 11.6 Å². The first-order valence-electron chi connectivity index (χ1n) is 6.93. The molecule has 0 unspecified atom stereocenters. The normalized spacial score (nSPS) is 24.0. The molecule has 0 saturated carbocycles. The van der Waals surface area contributed by atoms with Crippen LogP contribution in [0.3, 0.4) is 0 Å². The van der Waals surface area contributed by atoms with Crippen LogP contribution in [0.2, 0.25) is 0 Å². The van der Waals surface area contributed by atoms with E-state index < -0.39 is 28.5 Å². The molecule has 128 valence electrons. The predicted octanol–water partition coefficient (Wildman–Crippen LogP) is 0.400. The molecule has 2 aromatic rings. The van der Waals surface area contributed by atoms with Gasteiger partial charge in [-0.2, -0.15) is 13.5 Å². The molecule has 0 aromatic carbocycles. The van der Waals surface area contributed by atoms with Crippen molar-refractivity contribution in [2.45, 2.75) is 24.9 Å². The maximum atomic E-state index is 12.3. The molecule has 2 bridgehead atoms. The minimum absolute atomic E-state index is 0.151. The van der Waals surface area contributed by atoms with Crippen LogP contribution < -0.4 is 0 Å². The summed E-state index contributed by atoms with van der Waals surface area (Å²) in [7, 11) is -4.78. The molecule has 12 nitrogen and oxygen atoms in total. The largest absolute Gasteiger partial charge is 0.418 e. The molecule has 2 aromatic heterocycles. The summed E-state index contributed by atoms with van der Waals surface area (Å²) in [6, 6.07) is -0.136. The number of nitrogens with zero attached hydrogens (tertiary/aromatic N) is 5. The van der Waals surface area contributed by atoms with Crippen LogP contribution >= 0.6 is 0 Å². The molecule has 2 aliphatic rings. The lowest BCUT2D eigenvalue weighted by atomic mass is 10.0. The van der Waals surface area contributed by atoms with E-state index in [0.717, 1.165) is 0 Å². The highest BCUT2D eigenvalue weighted by molar-refractivity contribution is 7.80. The van der Waals surface area contributed by atoms with Crippen LogP contribution in [0.25, 0.3) is 11.6 Å². The number of hydroxylamine groups is 2. The minimum atomic E-state index is -4.78. The number of urea groups is 1. The van der Waals surface area contributed by atoms with E-state index in [1.807, 2.05) is 0 Å². The Labute approximate surface area is 134 Å². The number of fused-ring (bicyclic) bond motifs is 2. The van der Waals surface area contributed by atoms with Crippen LogP contribution in [-0.4, -0.2) is 56.9 Å². The number of amides is 2. The summed E-state index contributed by atoms with van der Waals surface area (Å²) in [5.74, 6) is 0.354. The zero-order chi connectivity index (χ0) is 16.9. The van der Waals surface area contributed by atoms with Gasteiger partial charge < -0.3 is 13.8 Å². The first kappa shape index (κ1) is 15.0. The zero-order valence-corrected chi connectivity index (χ0v) is 12.8. The van der Waals surface area contributed by atoms with Gasteiger partial charge in [-0.3, -0.25) is 4.55 Å². The first-order valence-corrected chi connectivity index (χ1v) is 8.30. The van der Waals surface area contributed by atoms with Gasteiger partial charge in [0.05, 0.1) is 6.04 Å². The van der Waals surface area contributed by atoms with Crippen molar-refractivity contribution < 1.29 is 31.0 Å². The number of hydrogen-bond acceptors (Lipinski definition) is 9. The van der Waals surface area contributed by atoms with Gasteiger partial charge in [0, 0.05) is 12.6 Å². The molecule has 2 saturated heterocycles. The summed E-state index contributed by atoms with van der Waals surface area (Å²) in [6.07, 6.45) is 2.28. The smallest absolute Gasteiger partial charge is 0.417 e. The molecule has 4 rings (SSSR count). The fourth-order valence-electron chi connectivity index (χ4n) is 2.88. The Morgan fingerprint density at radius 2 is 2.17 bits per heavy atom. The molecule has 2 aliphatic heterocycles. The first-order chi connectivity index (χ1) is 11.4. The number of carbonyl (C=O) groups excluding carboxylic acids is 1. The van der Waals surface area contributed by atoms with Crippen molar-refractivity contribution >= 4 is 16.4 Å². The number of rotatable bonds is 4. The molecule has 24 heavy (non-hydrogen) atoms. The van der Waals surface area contributed by atoms with Crippen molar-refractivity contribution in [2.24, 2.45) is 0 Å². The third-order valence-corrected chi connectivity index (χ3v) is 4.23. The van der Waals surface area contributed by atoms with Crippen molar-refractivity contribution in [3.05, 3.63) is 18.2 Å². The second-order valence-corrected chi connectivity index (χ2v) is 6.34. The second-order valence-electron chi connectivity index (χ2n) is 5.34. The Morgan fingerprint density at radius 3 is 2.88 bits per heavy atom. The maximum Gasteiger partial charge on any atom is 0.418 e. The Bertz CT molecular complexity index is 863. The molecule has 0 spiro atoms. The lowest BCUT2D eigenvalue weighted by Gasteiger charge is -2.27. The number of piperidine rings is 1. The van der Waals surface area contributed by atoms with Crippen LogP contribution in [0.5, 0.6) is 0 Å². The molecule has 2 atom stereocenters. The lowest BCUT2D eigenvalue weighted by Crippen LogP contribution is -2.35. The molecule has 0 radical (unpaired) electrons. The molecule has 0 aliphatic carbocycles. The lowest BCUT2D eigenvalue weighted by molar-refractivity contribution is -0.0317. The average Bonchev–Trinajstić information content (AvgIpc) is 3.24. The summed E-state index contributed by atoms with van der Waals surface area (Å²) in [6.45, 7) is 0.223. The Kier molecular flexibility index (Phi) is 3.29. The SMILES string of the molecule is O=C1N2C[C@@H](CC[C@@H]2c2nnc(-c3ccon3)o2)N1OS(=O)(=O)O. The van der Waals surface area contributed by atoms with Gasteiger partial charge in [0.1, 0.15) is 12.3 Å². The third kappa shape index (κ3) is 2.51. The topological polar surface area (TPSA) is 152 Å². The summed E-state index contributed by atoms with van der Waals surface area (Å²) in [5, 5.41) is 12.1. The zero-order valence-electron chi connectivity index (χ0n) is 12.0. The van der Waals surface area contributed by atoms with Gasteiger partial charge in [-0.15, -0.1) is 14.5 Å². The molecule has 2 amide bonds. The van der Waals surface area contributed by atoms with Crippen molar-refractivity contribution in [1.82, 2.24) is 25.3 Å². The standard InChI is InChI=1S/C11H11N5O7S/c17-11-15-5-6(16(11)23-24(18,19)20)1-2-8(15)10-13-12-9(22-10)7-3-4-21-14-7/h3-4,6,8H,1-2,5H2,(H,18,19,20)/t6-,8-/m1/s1. The van der Waals surface area contributed by atoms with Crippen LogP contribution in [0.1, 0.15) is 24.8 Å². The van der Waals surface area contributed by atoms with E-state index in [2.05, 4.69) is 19.6 Å². The van der Waals surface area contributed by atoms with E-state index in [0.29, 0.717) is 23.6 Å². The molecular weight excluding hydrogens is 346 g/mol. The highest BCUT2D eigenvalue weighted by atomic mass is 32.3. The number of aromatic nitrogens is 3. The monoisotopic (exact) mass is 357 g/mol. The van der Waals surface area contributed by atoms with Crippen LogP contribution in [0.15, 0.2) is 21.3 Å². The van der Waals surface area contributed by atoms with E-state index >= 15 is 0 Å². The van der Waals surface area contributed by atoms with Crippen molar-refractivity contribution in [2.75, 3.05) is 6.54 Å². The van der Waals surface area contributed by atoms with Crippen LogP contribution in [-0.2, 0) is 14.7 Å². The molecule has 2 fully saturated rings. The van der Waals surface area contributed by atoms with Gasteiger partial charge in [-0.1, -0.05) is 5.16 Å². The number of carbonyl (C=O) groups is 1. The molecule has 13 heteroatoms. The molecular formula is C11H11N5O7S. The Balaban J connectivity index is 1.58. The fourth-order valence-corrected chi connectivity index (χ4v) is 3.27. The summed E-state index contributed by atoms with van der Waals surface area (Å²) >= 11 is 0. The van der Waals surface area contributed by atoms with Gasteiger partial charge in [0.15, 0.2) is 5.69 Å². The number of hydrogen-bond donors (Lipinski definition) is 1. The molecule has 1 N–H and O–H groups in total. The predicted molar refractivity (Wildman–Crippen MR) is 72.1 cm³/mol. The third-order valence-electron chi connectivity index (χ3n) is 3.88. The maximum absolute atomic E-state index is 12.3. The Morgan fingerprint density at radius 1 is 1.33 bits per heavy atom. The van der Waals surface area contributed by atoms with E-state index in [1.54, 1.807) is 6.07 Å². The summed E-state index contributed by atoms with van der Waals surface area (Å²) in [4.78, 5) is 13.7. The average molecular weight is 357 g/mol. The Hall–Kier alpha value is -2.51. The van der Waals surface area contributed by atoms with Gasteiger partial charge in [-0.25, -0.2) is 4.79 Å². The molecule has 4 heterocycles. The van der Waals surface area contributed by atoms with Gasteiger partial charge in [0.25, 0.3) is 5.89 Å². The van der Waals surface area contributed by atoms with E-state index in [-0.39, 0.29) is 18.3 Å². The van der Waals surface area contributed by atoms with Gasteiger partial charge in [-0.05, 0) is 12.8 Å². The van der Waals surface area contributed by atoms with Crippen molar-refractivity contribution in [3.63, 3.8) is 0 Å². The quantitative estimate of drug-likeness (QED) is 0.761.